The summed E-state index contributed by atoms with van der Waals surface area (Å²) in [6, 6.07) is 3.90. The fourth-order valence-corrected chi connectivity index (χ4v) is 1.25. The Hall–Kier alpha value is -2.37. The van der Waals surface area contributed by atoms with Gasteiger partial charge in [-0.3, -0.25) is 14.4 Å². The summed E-state index contributed by atoms with van der Waals surface area (Å²) in [6.07, 6.45) is -0.238. The van der Waals surface area contributed by atoms with Crippen molar-refractivity contribution in [1.82, 2.24) is 0 Å². The third kappa shape index (κ3) is 3.60. The number of primary amides is 1. The number of carbonyl (C=O) groups excluding carboxylic acids is 3. The lowest BCUT2D eigenvalue weighted by Gasteiger charge is -2.06. The molecule has 0 aromatic heterocycles. The van der Waals surface area contributed by atoms with Crippen LogP contribution in [0, 0.1) is 0 Å². The molecule has 0 aliphatic heterocycles. The summed E-state index contributed by atoms with van der Waals surface area (Å²) in [4.78, 5) is 32.8. The smallest absolute Gasteiger partial charge is 0.252 e. The Labute approximate surface area is 97.4 Å². The number of aromatic hydroxyl groups is 1. The molecule has 2 amide bonds. The van der Waals surface area contributed by atoms with Crippen LogP contribution < -0.4 is 11.1 Å². The first-order valence-corrected chi connectivity index (χ1v) is 4.82. The fraction of sp³-hybridized carbons (Fsp3) is 0.182. The molecule has 0 heterocycles. The highest BCUT2D eigenvalue weighted by Gasteiger charge is 2.10. The van der Waals surface area contributed by atoms with Crippen LogP contribution in [-0.4, -0.2) is 22.7 Å². The molecule has 1 rings (SSSR count). The highest BCUT2D eigenvalue weighted by molar-refractivity contribution is 6.04. The van der Waals surface area contributed by atoms with E-state index in [9.17, 15) is 19.5 Å². The van der Waals surface area contributed by atoms with Crippen LogP contribution in [0.2, 0.25) is 0 Å². The van der Waals surface area contributed by atoms with Gasteiger partial charge in [-0.2, -0.15) is 0 Å². The van der Waals surface area contributed by atoms with Gasteiger partial charge in [0.05, 0.1) is 12.0 Å². The van der Waals surface area contributed by atoms with E-state index in [0.29, 0.717) is 5.69 Å². The van der Waals surface area contributed by atoms with Crippen LogP contribution in [0.3, 0.4) is 0 Å². The molecule has 0 aliphatic carbocycles. The van der Waals surface area contributed by atoms with Gasteiger partial charge >= 0.3 is 0 Å². The number of amides is 2. The van der Waals surface area contributed by atoms with E-state index >= 15 is 0 Å². The number of anilines is 1. The minimum atomic E-state index is -0.760. The topological polar surface area (TPSA) is 109 Å². The monoisotopic (exact) mass is 236 g/mol. The van der Waals surface area contributed by atoms with E-state index in [2.05, 4.69) is 5.32 Å². The van der Waals surface area contributed by atoms with Crippen molar-refractivity contribution >= 4 is 23.3 Å². The Morgan fingerprint density at radius 3 is 2.47 bits per heavy atom. The molecular weight excluding hydrogens is 224 g/mol. The van der Waals surface area contributed by atoms with Crippen molar-refractivity contribution in [3.8, 4) is 5.75 Å². The van der Waals surface area contributed by atoms with Gasteiger partial charge < -0.3 is 16.2 Å². The Kier molecular flexibility index (Phi) is 3.82. The number of hydrogen-bond acceptors (Lipinski definition) is 4. The largest absolute Gasteiger partial charge is 0.507 e. The lowest BCUT2D eigenvalue weighted by atomic mass is 10.1. The summed E-state index contributed by atoms with van der Waals surface area (Å²) in [5.74, 6) is -1.83. The van der Waals surface area contributed by atoms with E-state index in [1.54, 1.807) is 0 Å². The molecule has 0 fully saturated rings. The third-order valence-corrected chi connectivity index (χ3v) is 1.96. The Morgan fingerprint density at radius 2 is 2.00 bits per heavy atom. The fourth-order valence-electron chi connectivity index (χ4n) is 1.25. The van der Waals surface area contributed by atoms with Crippen LogP contribution in [0.15, 0.2) is 18.2 Å². The first kappa shape index (κ1) is 12.7. The van der Waals surface area contributed by atoms with Gasteiger partial charge in [0.2, 0.25) is 5.91 Å². The number of ketones is 1. The standard InChI is InChI=1S/C11H12N2O4/c1-6(14)4-10(16)13-7-2-3-8(11(12)17)9(15)5-7/h2-3,5,15H,4H2,1H3,(H2,12,17)(H,13,16). The van der Waals surface area contributed by atoms with E-state index in [0.717, 1.165) is 0 Å². The Morgan fingerprint density at radius 1 is 1.35 bits per heavy atom. The number of nitrogens with two attached hydrogens (primary N) is 1. The van der Waals surface area contributed by atoms with E-state index in [1.165, 1.54) is 25.1 Å². The molecule has 0 saturated carbocycles. The zero-order chi connectivity index (χ0) is 13.0. The number of rotatable bonds is 4. The number of hydrogen-bond donors (Lipinski definition) is 3. The summed E-state index contributed by atoms with van der Waals surface area (Å²) >= 11 is 0. The van der Waals surface area contributed by atoms with Gasteiger partial charge in [0.25, 0.3) is 5.91 Å². The molecule has 6 nitrogen and oxygen atoms in total. The number of carbonyl (C=O) groups is 3. The number of phenols is 1. The molecule has 1 aromatic rings. The second-order valence-corrected chi connectivity index (χ2v) is 3.52. The second-order valence-electron chi connectivity index (χ2n) is 3.52. The van der Waals surface area contributed by atoms with Crippen molar-refractivity contribution in [3.63, 3.8) is 0 Å². The second kappa shape index (κ2) is 5.11. The van der Waals surface area contributed by atoms with E-state index in [-0.39, 0.29) is 23.5 Å². The Bertz CT molecular complexity index is 482. The molecule has 0 saturated heterocycles. The number of nitrogens with one attached hydrogen (secondary N) is 1. The molecular formula is C11H12N2O4. The van der Waals surface area contributed by atoms with E-state index in [1.807, 2.05) is 0 Å². The first-order valence-electron chi connectivity index (χ1n) is 4.82. The maximum Gasteiger partial charge on any atom is 0.252 e. The van der Waals surface area contributed by atoms with Crippen LogP contribution in [0.4, 0.5) is 5.69 Å². The van der Waals surface area contributed by atoms with Crippen molar-refractivity contribution in [2.45, 2.75) is 13.3 Å². The van der Waals surface area contributed by atoms with Gasteiger partial charge in [-0.1, -0.05) is 0 Å². The van der Waals surface area contributed by atoms with Crippen LogP contribution in [-0.2, 0) is 9.59 Å². The summed E-state index contributed by atoms with van der Waals surface area (Å²) in [7, 11) is 0. The third-order valence-electron chi connectivity index (χ3n) is 1.96. The maximum atomic E-state index is 11.2. The minimum absolute atomic E-state index is 0.0328. The lowest BCUT2D eigenvalue weighted by Crippen LogP contribution is -2.15. The predicted molar refractivity (Wildman–Crippen MR) is 60.6 cm³/mol. The van der Waals surface area contributed by atoms with Crippen molar-refractivity contribution < 1.29 is 19.5 Å². The minimum Gasteiger partial charge on any atom is -0.507 e. The van der Waals surface area contributed by atoms with Crippen molar-refractivity contribution in [2.24, 2.45) is 5.73 Å². The molecule has 6 heteroatoms. The first-order chi connectivity index (χ1) is 7.90. The maximum absolute atomic E-state index is 11.2. The van der Waals surface area contributed by atoms with Crippen LogP contribution in [0.1, 0.15) is 23.7 Å². The van der Waals surface area contributed by atoms with Crippen LogP contribution in [0.25, 0.3) is 0 Å². The highest BCUT2D eigenvalue weighted by Crippen LogP contribution is 2.21. The molecule has 1 aromatic carbocycles. The average molecular weight is 236 g/mol. The molecule has 90 valence electrons. The molecule has 0 bridgehead atoms. The number of benzene rings is 1. The van der Waals surface area contributed by atoms with Crippen LogP contribution in [0.5, 0.6) is 5.75 Å². The molecule has 17 heavy (non-hydrogen) atoms. The van der Waals surface area contributed by atoms with Gasteiger partial charge in [0.15, 0.2) is 0 Å². The van der Waals surface area contributed by atoms with Crippen molar-refractivity contribution in [1.29, 1.82) is 0 Å². The molecule has 0 atom stereocenters. The molecule has 0 unspecified atom stereocenters. The van der Waals surface area contributed by atoms with Crippen molar-refractivity contribution in [2.75, 3.05) is 5.32 Å². The quantitative estimate of drug-likeness (QED) is 0.657. The zero-order valence-corrected chi connectivity index (χ0v) is 9.19. The summed E-state index contributed by atoms with van der Waals surface area (Å²) in [5, 5.41) is 11.8. The normalized spacial score (nSPS) is 9.71. The van der Waals surface area contributed by atoms with E-state index < -0.39 is 11.8 Å². The lowest BCUT2D eigenvalue weighted by molar-refractivity contribution is -0.124. The predicted octanol–water partition coefficient (Wildman–Crippen LogP) is 0.409. The SMILES string of the molecule is CC(=O)CC(=O)Nc1ccc(C(N)=O)c(O)c1. The summed E-state index contributed by atoms with van der Waals surface area (Å²) < 4.78 is 0. The van der Waals surface area contributed by atoms with Gasteiger partial charge in [-0.15, -0.1) is 0 Å². The van der Waals surface area contributed by atoms with E-state index in [4.69, 9.17) is 5.73 Å². The average Bonchev–Trinajstić information content (AvgIpc) is 2.15. The summed E-state index contributed by atoms with van der Waals surface area (Å²) in [5.41, 5.74) is 5.26. The van der Waals surface area contributed by atoms with Gasteiger partial charge in [0, 0.05) is 11.8 Å². The Balaban J connectivity index is 2.81. The summed E-state index contributed by atoms with van der Waals surface area (Å²) in [6.45, 7) is 1.30. The van der Waals surface area contributed by atoms with Gasteiger partial charge in [0.1, 0.15) is 11.5 Å². The molecule has 4 N–H and O–H groups in total. The molecule has 0 spiro atoms. The van der Waals surface area contributed by atoms with Crippen molar-refractivity contribution in [3.05, 3.63) is 23.8 Å². The van der Waals surface area contributed by atoms with Gasteiger partial charge in [-0.05, 0) is 19.1 Å². The molecule has 0 aliphatic rings. The number of Topliss-reactive ketones (excluding diaryl/α,β-unsaturated/α-hetero) is 1. The van der Waals surface area contributed by atoms with Gasteiger partial charge in [-0.25, -0.2) is 0 Å². The zero-order valence-electron chi connectivity index (χ0n) is 9.19. The highest BCUT2D eigenvalue weighted by atomic mass is 16.3. The van der Waals surface area contributed by atoms with Crippen LogP contribution >= 0.6 is 0 Å². The molecule has 0 radical (unpaired) electrons.